The quantitative estimate of drug-likeness (QED) is 0.815. The zero-order valence-electron chi connectivity index (χ0n) is 13.0. The van der Waals surface area contributed by atoms with Gasteiger partial charge in [-0.25, -0.2) is 0 Å². The van der Waals surface area contributed by atoms with Crippen molar-refractivity contribution in [3.8, 4) is 0 Å². The number of carbonyl (C=O) groups is 2. The molecule has 2 N–H and O–H groups in total. The number of aliphatic hydroxyl groups excluding tert-OH is 1. The Morgan fingerprint density at radius 2 is 2.18 bits per heavy atom. The van der Waals surface area contributed by atoms with E-state index in [1.165, 1.54) is 11.8 Å². The molecule has 1 aliphatic carbocycles. The first-order valence-electron chi connectivity index (χ1n) is 7.33. The van der Waals surface area contributed by atoms with Gasteiger partial charge in [0.15, 0.2) is 0 Å². The molecule has 0 spiro atoms. The first kappa shape index (κ1) is 16.8. The first-order chi connectivity index (χ1) is 10.3. The predicted octanol–water partition coefficient (Wildman–Crippen LogP) is 0.912. The summed E-state index contributed by atoms with van der Waals surface area (Å²) in [5, 5.41) is 13.1. The fraction of sp³-hybridized carbons (Fsp3) is 0.600. The summed E-state index contributed by atoms with van der Waals surface area (Å²) in [6.07, 6.45) is 2.51. The average Bonchev–Trinajstić information content (AvgIpc) is 3.22. The van der Waals surface area contributed by atoms with E-state index in [9.17, 15) is 14.7 Å². The van der Waals surface area contributed by atoms with E-state index in [1.54, 1.807) is 19.3 Å². The number of nitrogens with zero attached hydrogens (tertiary/aromatic N) is 2. The van der Waals surface area contributed by atoms with Crippen molar-refractivity contribution in [2.75, 3.05) is 7.05 Å². The van der Waals surface area contributed by atoms with Crippen molar-refractivity contribution in [2.24, 2.45) is 13.0 Å². The zero-order chi connectivity index (χ0) is 16.4. The second-order valence-corrected chi connectivity index (χ2v) is 6.39. The summed E-state index contributed by atoms with van der Waals surface area (Å²) in [5.74, 6) is -0.484. The Morgan fingerprint density at radius 3 is 2.64 bits per heavy atom. The van der Waals surface area contributed by atoms with E-state index >= 15 is 0 Å². The number of hydrogen-bond donors (Lipinski definition) is 2. The standard InChI is InChI=1S/C15H22ClN3O3/c1-9(20)13(17-14(21)10-4-5-10)15(22)19(3)8-12-6-11(16)7-18(12)2/h6-7,9-10,13,20H,4-5,8H2,1-3H3,(H,17,21). The maximum atomic E-state index is 12.5. The van der Waals surface area contributed by atoms with Crippen LogP contribution in [0.1, 0.15) is 25.5 Å². The molecule has 0 radical (unpaired) electrons. The van der Waals surface area contributed by atoms with Gasteiger partial charge in [0.05, 0.1) is 17.7 Å². The minimum absolute atomic E-state index is 0.00830. The highest BCUT2D eigenvalue weighted by atomic mass is 35.5. The molecule has 0 aromatic carbocycles. The molecule has 2 atom stereocenters. The Bertz CT molecular complexity index is 566. The molecule has 2 amide bonds. The monoisotopic (exact) mass is 327 g/mol. The predicted molar refractivity (Wildman–Crippen MR) is 83.2 cm³/mol. The summed E-state index contributed by atoms with van der Waals surface area (Å²) in [6, 6.07) is 0.861. The topological polar surface area (TPSA) is 74.6 Å². The van der Waals surface area contributed by atoms with E-state index < -0.39 is 12.1 Å². The number of aliphatic hydroxyl groups is 1. The highest BCUT2D eigenvalue weighted by Crippen LogP contribution is 2.29. The Hall–Kier alpha value is -1.53. The number of aromatic nitrogens is 1. The van der Waals surface area contributed by atoms with Gasteiger partial charge in [-0.2, -0.15) is 0 Å². The summed E-state index contributed by atoms with van der Waals surface area (Å²) in [4.78, 5) is 25.8. The van der Waals surface area contributed by atoms with Gasteiger partial charge in [0.25, 0.3) is 0 Å². The van der Waals surface area contributed by atoms with Gasteiger partial charge in [0, 0.05) is 31.9 Å². The van der Waals surface area contributed by atoms with E-state index in [2.05, 4.69) is 5.32 Å². The third kappa shape index (κ3) is 4.01. The lowest BCUT2D eigenvalue weighted by Gasteiger charge is -2.26. The van der Waals surface area contributed by atoms with Crippen molar-refractivity contribution in [1.29, 1.82) is 0 Å². The van der Waals surface area contributed by atoms with E-state index in [4.69, 9.17) is 11.6 Å². The van der Waals surface area contributed by atoms with Gasteiger partial charge in [-0.15, -0.1) is 0 Å². The SMILES string of the molecule is CC(O)C(NC(=O)C1CC1)C(=O)N(C)Cc1cc(Cl)cn1C. The summed E-state index contributed by atoms with van der Waals surface area (Å²) < 4.78 is 1.84. The van der Waals surface area contributed by atoms with E-state index in [0.717, 1.165) is 18.5 Å². The lowest BCUT2D eigenvalue weighted by atomic mass is 10.1. The van der Waals surface area contributed by atoms with Gasteiger partial charge in [-0.05, 0) is 25.8 Å². The van der Waals surface area contributed by atoms with E-state index in [1.807, 2.05) is 11.6 Å². The summed E-state index contributed by atoms with van der Waals surface area (Å²) in [6.45, 7) is 1.85. The lowest BCUT2D eigenvalue weighted by Crippen LogP contribution is -2.53. The molecule has 1 heterocycles. The van der Waals surface area contributed by atoms with Crippen LogP contribution < -0.4 is 5.32 Å². The van der Waals surface area contributed by atoms with Crippen LogP contribution in [0.5, 0.6) is 0 Å². The van der Waals surface area contributed by atoms with E-state index in [-0.39, 0.29) is 17.7 Å². The number of halogens is 1. The van der Waals surface area contributed by atoms with Gasteiger partial charge in [-0.3, -0.25) is 9.59 Å². The van der Waals surface area contributed by atoms with Crippen LogP contribution in [0, 0.1) is 5.92 Å². The Kier molecular flexibility index (Phi) is 5.13. The fourth-order valence-electron chi connectivity index (χ4n) is 2.29. The van der Waals surface area contributed by atoms with Crippen LogP contribution in [0.3, 0.4) is 0 Å². The largest absolute Gasteiger partial charge is 0.391 e. The molecule has 122 valence electrons. The minimum Gasteiger partial charge on any atom is -0.391 e. The molecule has 6 nitrogen and oxygen atoms in total. The van der Waals surface area contributed by atoms with Crippen LogP contribution in [0.15, 0.2) is 12.3 Å². The van der Waals surface area contributed by atoms with Crippen molar-refractivity contribution in [2.45, 2.75) is 38.5 Å². The minimum atomic E-state index is -0.949. The van der Waals surface area contributed by atoms with Crippen molar-refractivity contribution in [1.82, 2.24) is 14.8 Å². The third-order valence-electron chi connectivity index (χ3n) is 3.84. The molecular weight excluding hydrogens is 306 g/mol. The number of hydrogen-bond acceptors (Lipinski definition) is 3. The van der Waals surface area contributed by atoms with Gasteiger partial charge in [-0.1, -0.05) is 11.6 Å². The molecule has 0 saturated heterocycles. The van der Waals surface area contributed by atoms with Crippen molar-refractivity contribution >= 4 is 23.4 Å². The van der Waals surface area contributed by atoms with E-state index in [0.29, 0.717) is 11.6 Å². The molecule has 2 unspecified atom stereocenters. The number of aryl methyl sites for hydroxylation is 1. The van der Waals surface area contributed by atoms with Crippen LogP contribution in [0.2, 0.25) is 5.02 Å². The molecule has 2 rings (SSSR count). The van der Waals surface area contributed by atoms with Crippen molar-refractivity contribution in [3.63, 3.8) is 0 Å². The molecule has 0 aliphatic heterocycles. The molecule has 22 heavy (non-hydrogen) atoms. The highest BCUT2D eigenvalue weighted by Gasteiger charge is 2.35. The van der Waals surface area contributed by atoms with Crippen molar-refractivity contribution in [3.05, 3.63) is 23.0 Å². The summed E-state index contributed by atoms with van der Waals surface area (Å²) >= 11 is 5.93. The molecule has 1 aliphatic rings. The molecule has 1 fully saturated rings. The maximum Gasteiger partial charge on any atom is 0.247 e. The van der Waals surface area contributed by atoms with Gasteiger partial charge < -0.3 is 19.9 Å². The Balaban J connectivity index is 2.02. The molecule has 1 aromatic rings. The molecule has 1 saturated carbocycles. The van der Waals surface area contributed by atoms with Gasteiger partial charge >= 0.3 is 0 Å². The zero-order valence-corrected chi connectivity index (χ0v) is 13.8. The molecule has 7 heteroatoms. The maximum absolute atomic E-state index is 12.5. The Labute approximate surface area is 135 Å². The second-order valence-electron chi connectivity index (χ2n) is 5.96. The Morgan fingerprint density at radius 1 is 1.55 bits per heavy atom. The third-order valence-corrected chi connectivity index (χ3v) is 4.05. The van der Waals surface area contributed by atoms with Crippen LogP contribution in [0.4, 0.5) is 0 Å². The van der Waals surface area contributed by atoms with Crippen molar-refractivity contribution < 1.29 is 14.7 Å². The van der Waals surface area contributed by atoms with Crippen LogP contribution in [-0.4, -0.2) is 45.6 Å². The fourth-order valence-corrected chi connectivity index (χ4v) is 2.56. The van der Waals surface area contributed by atoms with Crippen LogP contribution in [-0.2, 0) is 23.2 Å². The van der Waals surface area contributed by atoms with Crippen LogP contribution in [0.25, 0.3) is 0 Å². The molecule has 1 aromatic heterocycles. The molecule has 0 bridgehead atoms. The van der Waals surface area contributed by atoms with Gasteiger partial charge in [0.2, 0.25) is 11.8 Å². The lowest BCUT2D eigenvalue weighted by molar-refractivity contribution is -0.139. The number of carbonyl (C=O) groups excluding carboxylic acids is 2. The average molecular weight is 328 g/mol. The smallest absolute Gasteiger partial charge is 0.247 e. The number of amides is 2. The van der Waals surface area contributed by atoms with Crippen LogP contribution >= 0.6 is 11.6 Å². The normalized spacial score (nSPS) is 17.0. The summed E-state index contributed by atoms with van der Waals surface area (Å²) in [5.41, 5.74) is 0.874. The number of likely N-dealkylation sites (N-methyl/N-ethyl adjacent to an activating group) is 1. The second kappa shape index (κ2) is 6.71. The summed E-state index contributed by atoms with van der Waals surface area (Å²) in [7, 11) is 3.49. The first-order valence-corrected chi connectivity index (χ1v) is 7.71. The number of rotatable bonds is 6. The molecular formula is C15H22ClN3O3. The van der Waals surface area contributed by atoms with Gasteiger partial charge in [0.1, 0.15) is 6.04 Å². The highest BCUT2D eigenvalue weighted by molar-refractivity contribution is 6.30. The number of nitrogens with one attached hydrogen (secondary N) is 1.